The summed E-state index contributed by atoms with van der Waals surface area (Å²) < 4.78 is 0. The number of hydrogen-bond donors (Lipinski definition) is 0. The molecule has 0 N–H and O–H groups in total. The van der Waals surface area contributed by atoms with Gasteiger partial charge in [0.25, 0.3) is 0 Å². The van der Waals surface area contributed by atoms with Crippen LogP contribution in [-0.2, 0) is 10.8 Å². The van der Waals surface area contributed by atoms with Crippen LogP contribution in [0.15, 0.2) is 140 Å². The molecule has 0 unspecified atom stereocenters. The Morgan fingerprint density at radius 1 is 0.509 bits per heavy atom. The predicted octanol–water partition coefficient (Wildman–Crippen LogP) is 14.7. The Hall–Kier alpha value is -4.88. The van der Waals surface area contributed by atoms with E-state index in [-0.39, 0.29) is 5.41 Å². The van der Waals surface area contributed by atoms with Crippen LogP contribution in [0.25, 0.3) is 33.4 Å². The summed E-state index contributed by atoms with van der Waals surface area (Å²) in [4.78, 5) is 2.51. The van der Waals surface area contributed by atoms with E-state index in [0.29, 0.717) is 11.3 Å². The van der Waals surface area contributed by atoms with Gasteiger partial charge in [0.15, 0.2) is 0 Å². The Labute approximate surface area is 316 Å². The molecule has 6 aromatic rings. The monoisotopic (exact) mass is 689 g/mol. The fourth-order valence-electron chi connectivity index (χ4n) is 11.0. The third-order valence-corrected chi connectivity index (χ3v) is 14.0. The number of rotatable bonds is 7. The summed E-state index contributed by atoms with van der Waals surface area (Å²) in [7, 11) is 0. The topological polar surface area (TPSA) is 3.24 Å². The fourth-order valence-corrected chi connectivity index (χ4v) is 11.0. The van der Waals surface area contributed by atoms with Gasteiger partial charge in [-0.2, -0.15) is 0 Å². The molecule has 4 aliphatic rings. The lowest BCUT2D eigenvalue weighted by atomic mass is 9.78. The normalized spacial score (nSPS) is 21.4. The van der Waals surface area contributed by atoms with Crippen LogP contribution in [0.5, 0.6) is 0 Å². The molecule has 3 saturated carbocycles. The summed E-state index contributed by atoms with van der Waals surface area (Å²) in [5.74, 6) is 1.65. The Morgan fingerprint density at radius 2 is 1.15 bits per heavy atom. The van der Waals surface area contributed by atoms with Gasteiger partial charge in [-0.25, -0.2) is 0 Å². The zero-order chi connectivity index (χ0) is 35.6. The van der Waals surface area contributed by atoms with Crippen LogP contribution in [0, 0.1) is 5.92 Å². The molecular weight excluding hydrogens is 639 g/mol. The first-order chi connectivity index (χ1) is 26.0. The van der Waals surface area contributed by atoms with Crippen molar-refractivity contribution in [3.8, 4) is 33.4 Å². The minimum Gasteiger partial charge on any atom is -0.310 e. The number of fused-ring (bicyclic) bond motifs is 5. The zero-order valence-corrected chi connectivity index (χ0v) is 31.5. The van der Waals surface area contributed by atoms with Crippen molar-refractivity contribution in [2.24, 2.45) is 5.92 Å². The van der Waals surface area contributed by atoms with Gasteiger partial charge in [0.1, 0.15) is 0 Å². The molecule has 1 heteroatoms. The van der Waals surface area contributed by atoms with Gasteiger partial charge in [0.05, 0.1) is 0 Å². The fraction of sp³-hybridized carbons (Fsp3) is 0.308. The molecule has 0 amide bonds. The molecule has 0 aromatic heterocycles. The first kappa shape index (κ1) is 32.7. The molecule has 2 bridgehead atoms. The molecule has 264 valence electrons. The van der Waals surface area contributed by atoms with Crippen LogP contribution in [0.4, 0.5) is 17.1 Å². The molecule has 10 rings (SSSR count). The number of benzene rings is 6. The summed E-state index contributed by atoms with van der Waals surface area (Å²) in [5, 5.41) is 0. The van der Waals surface area contributed by atoms with Crippen LogP contribution in [0.2, 0.25) is 0 Å². The van der Waals surface area contributed by atoms with Gasteiger partial charge < -0.3 is 4.90 Å². The minimum atomic E-state index is -0.123. The van der Waals surface area contributed by atoms with E-state index < -0.39 is 0 Å². The first-order valence-corrected chi connectivity index (χ1v) is 20.4. The van der Waals surface area contributed by atoms with Crippen molar-refractivity contribution in [3.63, 3.8) is 0 Å². The molecule has 0 atom stereocenters. The minimum absolute atomic E-state index is 0.123. The molecule has 6 aromatic carbocycles. The molecule has 0 heterocycles. The van der Waals surface area contributed by atoms with E-state index >= 15 is 0 Å². The molecule has 0 radical (unpaired) electrons. The maximum atomic E-state index is 2.51. The average Bonchev–Trinajstić information content (AvgIpc) is 3.91. The van der Waals surface area contributed by atoms with E-state index in [2.05, 4.69) is 158 Å². The molecule has 1 nitrogen and oxygen atoms in total. The highest BCUT2D eigenvalue weighted by Gasteiger charge is 2.45. The highest BCUT2D eigenvalue weighted by atomic mass is 15.1. The van der Waals surface area contributed by atoms with E-state index in [1.807, 2.05) is 0 Å². The van der Waals surface area contributed by atoms with Crippen LogP contribution in [0.3, 0.4) is 0 Å². The van der Waals surface area contributed by atoms with Crippen LogP contribution in [-0.4, -0.2) is 0 Å². The second-order valence-electron chi connectivity index (χ2n) is 17.3. The van der Waals surface area contributed by atoms with E-state index in [0.717, 1.165) is 5.92 Å². The van der Waals surface area contributed by atoms with Crippen molar-refractivity contribution in [3.05, 3.63) is 162 Å². The molecule has 0 spiro atoms. The van der Waals surface area contributed by atoms with Gasteiger partial charge in [-0.1, -0.05) is 136 Å². The van der Waals surface area contributed by atoms with Gasteiger partial charge in [-0.3, -0.25) is 0 Å². The van der Waals surface area contributed by atoms with E-state index in [9.17, 15) is 0 Å². The highest BCUT2D eigenvalue weighted by molar-refractivity contribution is 5.94. The lowest BCUT2D eigenvalue weighted by Crippen LogP contribution is -2.20. The highest BCUT2D eigenvalue weighted by Crippen LogP contribution is 2.56. The molecule has 53 heavy (non-hydrogen) atoms. The molecular formula is C52H51N. The van der Waals surface area contributed by atoms with E-state index in [4.69, 9.17) is 0 Å². The summed E-state index contributed by atoms with van der Waals surface area (Å²) in [6.45, 7) is 4.83. The standard InChI is InChI=1S/C52H51N/c1-51(2)48-15-9-14-46(41-18-16-39(17-19-41)37-10-5-3-6-11-37)50(48)47-29-28-45(34-49(47)51)53(43-24-20-40(21-25-43)38-12-7-4-8-13-38)44-26-22-42(23-27-44)52-32-30-36(35-52)31-33-52/h3,5-6,9-11,14-29,34,36,38H,4,7-8,12-13,30-33,35H2,1-2H3. The maximum absolute atomic E-state index is 2.51. The molecule has 0 aliphatic heterocycles. The Kier molecular flexibility index (Phi) is 7.97. The van der Waals surface area contributed by atoms with Crippen molar-refractivity contribution >= 4 is 17.1 Å². The maximum Gasteiger partial charge on any atom is 0.0465 e. The van der Waals surface area contributed by atoms with Crippen molar-refractivity contribution in [1.29, 1.82) is 0 Å². The van der Waals surface area contributed by atoms with Gasteiger partial charge in [0, 0.05) is 22.5 Å². The summed E-state index contributed by atoms with van der Waals surface area (Å²) >= 11 is 0. The van der Waals surface area contributed by atoms with Crippen molar-refractivity contribution in [2.45, 2.75) is 94.8 Å². The van der Waals surface area contributed by atoms with Crippen LogP contribution in [0.1, 0.15) is 106 Å². The smallest absolute Gasteiger partial charge is 0.0465 e. The van der Waals surface area contributed by atoms with Crippen LogP contribution < -0.4 is 4.90 Å². The average molecular weight is 690 g/mol. The number of hydrogen-bond acceptors (Lipinski definition) is 1. The first-order valence-electron chi connectivity index (χ1n) is 20.4. The quantitative estimate of drug-likeness (QED) is 0.161. The van der Waals surface area contributed by atoms with Gasteiger partial charge in [-0.05, 0) is 154 Å². The Balaban J connectivity index is 1.04. The number of nitrogens with zero attached hydrogens (tertiary/aromatic N) is 1. The predicted molar refractivity (Wildman–Crippen MR) is 224 cm³/mol. The molecule has 4 aliphatic carbocycles. The van der Waals surface area contributed by atoms with Gasteiger partial charge in [-0.15, -0.1) is 0 Å². The van der Waals surface area contributed by atoms with Crippen molar-refractivity contribution < 1.29 is 0 Å². The van der Waals surface area contributed by atoms with Crippen molar-refractivity contribution in [2.75, 3.05) is 4.90 Å². The van der Waals surface area contributed by atoms with Crippen molar-refractivity contribution in [1.82, 2.24) is 0 Å². The second-order valence-corrected chi connectivity index (χ2v) is 17.3. The lowest BCUT2D eigenvalue weighted by Gasteiger charge is -2.30. The summed E-state index contributed by atoms with van der Waals surface area (Å²) in [5.41, 5.74) is 17.7. The van der Waals surface area contributed by atoms with Gasteiger partial charge in [0.2, 0.25) is 0 Å². The second kappa shape index (κ2) is 12.9. The molecule has 0 saturated heterocycles. The van der Waals surface area contributed by atoms with Crippen LogP contribution >= 0.6 is 0 Å². The molecule has 3 fully saturated rings. The third kappa shape index (κ3) is 5.58. The van der Waals surface area contributed by atoms with Gasteiger partial charge >= 0.3 is 0 Å². The largest absolute Gasteiger partial charge is 0.310 e. The zero-order valence-electron chi connectivity index (χ0n) is 31.5. The van der Waals surface area contributed by atoms with E-state index in [1.165, 1.54) is 131 Å². The lowest BCUT2D eigenvalue weighted by molar-refractivity contribution is 0.419. The third-order valence-electron chi connectivity index (χ3n) is 14.0. The summed E-state index contributed by atoms with van der Waals surface area (Å²) in [6.07, 6.45) is 13.7. The SMILES string of the molecule is CC1(C)c2cc(N(c3ccc(C4CCCCC4)cc3)c3ccc(C45CCC(CC4)C5)cc3)ccc2-c2c(-c3ccc(-c4ccccc4)cc3)cccc21. The number of anilines is 3. The van der Waals surface area contributed by atoms with E-state index in [1.54, 1.807) is 5.56 Å². The Bertz CT molecular complexity index is 2240. The summed E-state index contributed by atoms with van der Waals surface area (Å²) in [6, 6.07) is 53.4. The Morgan fingerprint density at radius 3 is 1.83 bits per heavy atom.